The number of ether oxygens (including phenoxy) is 1. The molecule has 0 atom stereocenters. The third kappa shape index (κ3) is 2.68. The molecule has 0 amide bonds. The molecule has 0 spiro atoms. The quantitative estimate of drug-likeness (QED) is 0.789. The van der Waals surface area contributed by atoms with Gasteiger partial charge in [-0.25, -0.2) is 14.4 Å². The lowest BCUT2D eigenvalue weighted by atomic mass is 10.2. The van der Waals surface area contributed by atoms with Crippen LogP contribution >= 0.6 is 11.6 Å². The van der Waals surface area contributed by atoms with Gasteiger partial charge in [0.15, 0.2) is 5.82 Å². The monoisotopic (exact) mass is 253 g/mol. The van der Waals surface area contributed by atoms with Gasteiger partial charge in [0.05, 0.1) is 19.0 Å². The van der Waals surface area contributed by atoms with Crippen molar-refractivity contribution < 1.29 is 9.13 Å². The second-order valence-electron chi connectivity index (χ2n) is 3.18. The van der Waals surface area contributed by atoms with E-state index in [2.05, 4.69) is 15.0 Å². The summed E-state index contributed by atoms with van der Waals surface area (Å²) >= 11 is 5.63. The van der Waals surface area contributed by atoms with Crippen LogP contribution in [0, 0.1) is 5.82 Å². The summed E-state index contributed by atoms with van der Waals surface area (Å²) in [6.07, 6.45) is 4.07. The molecule has 0 aromatic carbocycles. The van der Waals surface area contributed by atoms with Crippen LogP contribution in [0.2, 0.25) is 5.28 Å². The molecular weight excluding hydrogens is 245 g/mol. The summed E-state index contributed by atoms with van der Waals surface area (Å²) in [5.41, 5.74) is 0.608. The Labute approximate surface area is 102 Å². The first-order valence-electron chi connectivity index (χ1n) is 4.97. The number of hydrogen-bond acceptors (Lipinski definition) is 4. The summed E-state index contributed by atoms with van der Waals surface area (Å²) in [4.78, 5) is 11.3. The molecule has 0 saturated carbocycles. The molecule has 2 aromatic heterocycles. The van der Waals surface area contributed by atoms with Crippen molar-refractivity contribution in [2.45, 2.75) is 6.92 Å². The molecule has 0 N–H and O–H groups in total. The van der Waals surface area contributed by atoms with Gasteiger partial charge in [-0.3, -0.25) is 4.98 Å². The van der Waals surface area contributed by atoms with E-state index in [9.17, 15) is 4.39 Å². The molecule has 2 rings (SSSR count). The van der Waals surface area contributed by atoms with E-state index >= 15 is 0 Å². The van der Waals surface area contributed by atoms with Gasteiger partial charge >= 0.3 is 0 Å². The van der Waals surface area contributed by atoms with Gasteiger partial charge in [0.2, 0.25) is 5.28 Å². The molecule has 0 saturated heterocycles. The van der Waals surface area contributed by atoms with Crippen molar-refractivity contribution in [1.29, 1.82) is 0 Å². The zero-order valence-electron chi connectivity index (χ0n) is 9.02. The Balaban J connectivity index is 2.45. The summed E-state index contributed by atoms with van der Waals surface area (Å²) < 4.78 is 18.8. The molecule has 2 heterocycles. The van der Waals surface area contributed by atoms with E-state index in [1.165, 1.54) is 6.20 Å². The highest BCUT2D eigenvalue weighted by molar-refractivity contribution is 6.28. The Morgan fingerprint density at radius 1 is 1.35 bits per heavy atom. The molecule has 88 valence electrons. The molecule has 2 aromatic rings. The van der Waals surface area contributed by atoms with E-state index in [0.29, 0.717) is 17.9 Å². The molecule has 4 nitrogen and oxygen atoms in total. The van der Waals surface area contributed by atoms with Crippen LogP contribution in [0.3, 0.4) is 0 Å². The van der Waals surface area contributed by atoms with E-state index in [1.54, 1.807) is 12.3 Å². The minimum absolute atomic E-state index is 0.0109. The predicted octanol–water partition coefficient (Wildman–Crippen LogP) is 2.73. The van der Waals surface area contributed by atoms with Crippen molar-refractivity contribution in [3.8, 4) is 17.0 Å². The maximum atomic E-state index is 13.5. The first kappa shape index (κ1) is 11.7. The van der Waals surface area contributed by atoms with Crippen molar-refractivity contribution in [3.05, 3.63) is 35.8 Å². The summed E-state index contributed by atoms with van der Waals surface area (Å²) in [6.45, 7) is 2.37. The lowest BCUT2D eigenvalue weighted by Crippen LogP contribution is -1.96. The standard InChI is InChI=1S/C11H9ClFN3O/c1-2-17-8-3-7(4-14-5-8)10-9(13)6-15-11(12)16-10/h3-6H,2H2,1H3. The predicted molar refractivity (Wildman–Crippen MR) is 61.4 cm³/mol. The van der Waals surface area contributed by atoms with Crippen LogP contribution < -0.4 is 4.74 Å². The highest BCUT2D eigenvalue weighted by Crippen LogP contribution is 2.23. The van der Waals surface area contributed by atoms with Gasteiger partial charge in [-0.2, -0.15) is 0 Å². The van der Waals surface area contributed by atoms with Crippen molar-refractivity contribution in [3.63, 3.8) is 0 Å². The second-order valence-corrected chi connectivity index (χ2v) is 3.52. The highest BCUT2D eigenvalue weighted by Gasteiger charge is 2.10. The van der Waals surface area contributed by atoms with Gasteiger partial charge in [0.1, 0.15) is 11.4 Å². The largest absolute Gasteiger partial charge is 0.492 e. The topological polar surface area (TPSA) is 47.9 Å². The number of hydrogen-bond donors (Lipinski definition) is 0. The van der Waals surface area contributed by atoms with Crippen LogP contribution in [0.1, 0.15) is 6.92 Å². The fraction of sp³-hybridized carbons (Fsp3) is 0.182. The fourth-order valence-corrected chi connectivity index (χ4v) is 1.48. The van der Waals surface area contributed by atoms with Crippen LogP contribution in [-0.2, 0) is 0 Å². The van der Waals surface area contributed by atoms with E-state index in [0.717, 1.165) is 6.20 Å². The molecule has 0 radical (unpaired) electrons. The van der Waals surface area contributed by atoms with Crippen LogP contribution in [-0.4, -0.2) is 21.6 Å². The third-order valence-electron chi connectivity index (χ3n) is 2.01. The van der Waals surface area contributed by atoms with E-state index in [4.69, 9.17) is 16.3 Å². The van der Waals surface area contributed by atoms with Crippen molar-refractivity contribution in [1.82, 2.24) is 15.0 Å². The summed E-state index contributed by atoms with van der Waals surface area (Å²) in [6, 6.07) is 1.65. The smallest absolute Gasteiger partial charge is 0.223 e. The minimum Gasteiger partial charge on any atom is -0.492 e. The highest BCUT2D eigenvalue weighted by atomic mass is 35.5. The Bertz CT molecular complexity index is 536. The van der Waals surface area contributed by atoms with Crippen molar-refractivity contribution in [2.24, 2.45) is 0 Å². The van der Waals surface area contributed by atoms with Gasteiger partial charge in [-0.05, 0) is 24.6 Å². The Morgan fingerprint density at radius 2 is 2.18 bits per heavy atom. The summed E-state index contributed by atoms with van der Waals surface area (Å²) in [5, 5.41) is -0.0109. The summed E-state index contributed by atoms with van der Waals surface area (Å²) in [5.74, 6) is 0.00369. The van der Waals surface area contributed by atoms with Gasteiger partial charge < -0.3 is 4.74 Å². The zero-order valence-corrected chi connectivity index (χ0v) is 9.78. The normalized spacial score (nSPS) is 10.3. The Morgan fingerprint density at radius 3 is 2.94 bits per heavy atom. The second kappa shape index (κ2) is 5.05. The van der Waals surface area contributed by atoms with E-state index in [1.807, 2.05) is 6.92 Å². The third-order valence-corrected chi connectivity index (χ3v) is 2.19. The first-order valence-corrected chi connectivity index (χ1v) is 5.34. The molecule has 0 aliphatic rings. The molecule has 0 unspecified atom stereocenters. The maximum Gasteiger partial charge on any atom is 0.223 e. The van der Waals surface area contributed by atoms with Crippen LogP contribution in [0.4, 0.5) is 4.39 Å². The van der Waals surface area contributed by atoms with Crippen LogP contribution in [0.5, 0.6) is 5.75 Å². The molecule has 0 fully saturated rings. The maximum absolute atomic E-state index is 13.5. The fourth-order valence-electron chi connectivity index (χ4n) is 1.34. The zero-order chi connectivity index (χ0) is 12.3. The Kier molecular flexibility index (Phi) is 3.49. The first-order chi connectivity index (χ1) is 8.20. The number of halogens is 2. The lowest BCUT2D eigenvalue weighted by Gasteiger charge is -2.05. The molecular formula is C11H9ClFN3O. The van der Waals surface area contributed by atoms with E-state index < -0.39 is 5.82 Å². The molecule has 17 heavy (non-hydrogen) atoms. The van der Waals surface area contributed by atoms with Crippen LogP contribution in [0.25, 0.3) is 11.3 Å². The summed E-state index contributed by atoms with van der Waals surface area (Å²) in [7, 11) is 0. The lowest BCUT2D eigenvalue weighted by molar-refractivity contribution is 0.339. The van der Waals surface area contributed by atoms with Gasteiger partial charge in [-0.15, -0.1) is 0 Å². The minimum atomic E-state index is -0.551. The average molecular weight is 254 g/mol. The number of nitrogens with zero attached hydrogens (tertiary/aromatic N) is 3. The van der Waals surface area contributed by atoms with Gasteiger partial charge in [-0.1, -0.05) is 0 Å². The van der Waals surface area contributed by atoms with Gasteiger partial charge in [0.25, 0.3) is 0 Å². The molecule has 6 heteroatoms. The van der Waals surface area contributed by atoms with Crippen molar-refractivity contribution in [2.75, 3.05) is 6.61 Å². The average Bonchev–Trinajstić information content (AvgIpc) is 2.33. The molecule has 0 aliphatic heterocycles. The number of aromatic nitrogens is 3. The van der Waals surface area contributed by atoms with E-state index in [-0.39, 0.29) is 11.0 Å². The van der Waals surface area contributed by atoms with Crippen LogP contribution in [0.15, 0.2) is 24.7 Å². The number of rotatable bonds is 3. The SMILES string of the molecule is CCOc1cncc(-c2nc(Cl)ncc2F)c1. The molecule has 0 bridgehead atoms. The van der Waals surface area contributed by atoms with Gasteiger partial charge in [0, 0.05) is 11.8 Å². The number of pyridine rings is 1. The Hall–Kier alpha value is -1.75. The molecule has 0 aliphatic carbocycles. The van der Waals surface area contributed by atoms with Crippen molar-refractivity contribution >= 4 is 11.6 Å².